The van der Waals surface area contributed by atoms with E-state index in [1.165, 1.54) is 50.1 Å². The molecule has 3 heterocycles. The Balaban J connectivity index is 1.65. The van der Waals surface area contributed by atoms with Crippen LogP contribution in [0.5, 0.6) is 0 Å². The summed E-state index contributed by atoms with van der Waals surface area (Å²) >= 11 is 1.50. The third-order valence-corrected chi connectivity index (χ3v) is 5.78. The van der Waals surface area contributed by atoms with Gasteiger partial charge >= 0.3 is 0 Å². The monoisotopic (exact) mass is 388 g/mol. The Morgan fingerprint density at radius 2 is 1.85 bits per heavy atom. The average molecular weight is 389 g/mol. The van der Waals surface area contributed by atoms with Crippen molar-refractivity contribution >= 4 is 17.5 Å². The lowest BCUT2D eigenvalue weighted by molar-refractivity contribution is -1.00. The second kappa shape index (κ2) is 7.92. The van der Waals surface area contributed by atoms with E-state index in [0.29, 0.717) is 10.9 Å². The SMILES string of the molecule is CSc1nc2nc(-c3ccc(F)cc3)c(CC[NH+]3CC[NH+](C)CC3)cn2n1. The molecule has 4 rings (SSSR count). The van der Waals surface area contributed by atoms with E-state index in [4.69, 9.17) is 4.98 Å². The molecule has 0 atom stereocenters. The van der Waals surface area contributed by atoms with E-state index in [-0.39, 0.29) is 5.82 Å². The summed E-state index contributed by atoms with van der Waals surface area (Å²) in [5.74, 6) is 0.343. The molecule has 0 amide bonds. The van der Waals surface area contributed by atoms with Crippen molar-refractivity contribution in [3.63, 3.8) is 0 Å². The van der Waals surface area contributed by atoms with E-state index < -0.39 is 0 Å². The van der Waals surface area contributed by atoms with Crippen molar-refractivity contribution in [1.29, 1.82) is 0 Å². The summed E-state index contributed by atoms with van der Waals surface area (Å²) in [6.07, 6.45) is 4.91. The van der Waals surface area contributed by atoms with Gasteiger partial charge in [0.2, 0.25) is 5.16 Å². The van der Waals surface area contributed by atoms with Gasteiger partial charge in [0.05, 0.1) is 19.3 Å². The van der Waals surface area contributed by atoms with Gasteiger partial charge in [0.15, 0.2) is 0 Å². The molecule has 0 aliphatic carbocycles. The Kier molecular flexibility index (Phi) is 5.38. The van der Waals surface area contributed by atoms with Crippen LogP contribution in [0.3, 0.4) is 0 Å². The largest absolute Gasteiger partial charge is 0.328 e. The molecule has 0 bridgehead atoms. The van der Waals surface area contributed by atoms with Crippen molar-refractivity contribution in [2.75, 3.05) is 46.0 Å². The van der Waals surface area contributed by atoms with Crippen molar-refractivity contribution in [1.82, 2.24) is 19.6 Å². The first-order valence-corrected chi connectivity index (χ1v) is 10.6. The van der Waals surface area contributed by atoms with Crippen LogP contribution >= 0.6 is 11.8 Å². The minimum atomic E-state index is -0.238. The lowest BCUT2D eigenvalue weighted by atomic mass is 10.0. The van der Waals surface area contributed by atoms with Crippen molar-refractivity contribution in [2.24, 2.45) is 0 Å². The van der Waals surface area contributed by atoms with Crippen LogP contribution in [0.1, 0.15) is 5.56 Å². The molecule has 1 fully saturated rings. The van der Waals surface area contributed by atoms with Gasteiger partial charge in [-0.2, -0.15) is 4.98 Å². The number of hydrogen-bond donors (Lipinski definition) is 2. The summed E-state index contributed by atoms with van der Waals surface area (Å²) in [6, 6.07) is 6.54. The Bertz CT molecular complexity index is 918. The third kappa shape index (κ3) is 4.12. The fraction of sp³-hybridized carbons (Fsp3) is 0.421. The maximum absolute atomic E-state index is 13.4. The Labute approximate surface area is 162 Å². The maximum atomic E-state index is 13.4. The number of aromatic nitrogens is 4. The second-order valence-electron chi connectivity index (χ2n) is 7.17. The number of halogens is 1. The molecule has 8 heteroatoms. The fourth-order valence-electron chi connectivity index (χ4n) is 3.56. The number of nitrogens with one attached hydrogen (secondary N) is 2. The standard InChI is InChI=1S/C19H23FN6S/c1-24-9-11-25(12-10-24)8-7-15-13-26-18(22-19(23-26)27-2)21-17(15)14-3-5-16(20)6-4-14/h3-6,13H,7-12H2,1-2H3/p+2. The van der Waals surface area contributed by atoms with Crippen LogP contribution in [-0.4, -0.2) is 65.6 Å². The molecule has 1 aliphatic rings. The van der Waals surface area contributed by atoms with Crippen molar-refractivity contribution in [3.05, 3.63) is 41.8 Å². The van der Waals surface area contributed by atoms with Gasteiger partial charge in [0.1, 0.15) is 32.0 Å². The number of likely N-dealkylation sites (N-methyl/N-ethyl adjacent to an activating group) is 1. The summed E-state index contributed by atoms with van der Waals surface area (Å²) in [6.45, 7) is 5.91. The number of quaternary nitrogens is 2. The third-order valence-electron chi connectivity index (χ3n) is 5.25. The molecule has 27 heavy (non-hydrogen) atoms. The van der Waals surface area contributed by atoms with Gasteiger partial charge in [-0.15, -0.1) is 5.10 Å². The zero-order valence-corrected chi connectivity index (χ0v) is 16.5. The van der Waals surface area contributed by atoms with Crippen LogP contribution in [0.25, 0.3) is 17.0 Å². The van der Waals surface area contributed by atoms with Crippen LogP contribution in [0.4, 0.5) is 4.39 Å². The van der Waals surface area contributed by atoms with Gasteiger partial charge in [0, 0.05) is 23.7 Å². The molecule has 142 valence electrons. The highest BCUT2D eigenvalue weighted by atomic mass is 32.2. The molecule has 0 saturated carbocycles. The number of rotatable bonds is 5. The van der Waals surface area contributed by atoms with Crippen LogP contribution < -0.4 is 9.80 Å². The normalized spacial score (nSPS) is 20.3. The number of piperazine rings is 1. The zero-order valence-electron chi connectivity index (χ0n) is 15.7. The first-order valence-electron chi connectivity index (χ1n) is 9.33. The smallest absolute Gasteiger partial charge is 0.253 e. The van der Waals surface area contributed by atoms with E-state index in [2.05, 4.69) is 17.1 Å². The fourth-order valence-corrected chi connectivity index (χ4v) is 3.90. The minimum Gasteiger partial charge on any atom is -0.328 e. The number of fused-ring (bicyclic) bond motifs is 1. The van der Waals surface area contributed by atoms with E-state index in [1.54, 1.807) is 26.4 Å². The molecule has 0 unspecified atom stereocenters. The van der Waals surface area contributed by atoms with E-state index in [1.807, 2.05) is 12.5 Å². The summed E-state index contributed by atoms with van der Waals surface area (Å²) in [4.78, 5) is 12.5. The van der Waals surface area contributed by atoms with Gasteiger partial charge in [-0.1, -0.05) is 11.8 Å². The van der Waals surface area contributed by atoms with Gasteiger partial charge in [0.25, 0.3) is 5.78 Å². The quantitative estimate of drug-likeness (QED) is 0.585. The number of hydrogen-bond acceptors (Lipinski definition) is 4. The van der Waals surface area contributed by atoms with Crippen LogP contribution in [0.15, 0.2) is 35.6 Å². The first kappa shape index (κ1) is 18.3. The minimum absolute atomic E-state index is 0.238. The first-order chi connectivity index (χ1) is 13.1. The van der Waals surface area contributed by atoms with E-state index >= 15 is 0 Å². The average Bonchev–Trinajstić information content (AvgIpc) is 3.09. The molecular formula is C19H25FN6S+2. The lowest BCUT2D eigenvalue weighted by Gasteiger charge is -2.27. The van der Waals surface area contributed by atoms with Crippen molar-refractivity contribution in [3.8, 4) is 11.3 Å². The van der Waals surface area contributed by atoms with Gasteiger partial charge in [-0.05, 0) is 30.5 Å². The molecule has 3 aromatic rings. The van der Waals surface area contributed by atoms with Gasteiger partial charge in [-0.25, -0.2) is 13.9 Å². The van der Waals surface area contributed by atoms with Crippen molar-refractivity contribution in [2.45, 2.75) is 11.6 Å². The molecule has 2 N–H and O–H groups in total. The Morgan fingerprint density at radius 1 is 1.11 bits per heavy atom. The summed E-state index contributed by atoms with van der Waals surface area (Å²) in [5, 5.41) is 5.19. The maximum Gasteiger partial charge on any atom is 0.253 e. The molecule has 2 aromatic heterocycles. The summed E-state index contributed by atoms with van der Waals surface area (Å²) < 4.78 is 15.1. The highest BCUT2D eigenvalue weighted by molar-refractivity contribution is 7.98. The lowest BCUT2D eigenvalue weighted by Crippen LogP contribution is -3.27. The molecule has 1 saturated heterocycles. The molecule has 0 spiro atoms. The second-order valence-corrected chi connectivity index (χ2v) is 7.95. The predicted molar refractivity (Wildman–Crippen MR) is 104 cm³/mol. The van der Waals surface area contributed by atoms with Crippen LogP contribution in [0, 0.1) is 5.82 Å². The van der Waals surface area contributed by atoms with Crippen LogP contribution in [-0.2, 0) is 6.42 Å². The molecular weight excluding hydrogens is 363 g/mol. The Hall–Kier alpha value is -2.03. The predicted octanol–water partition coefficient (Wildman–Crippen LogP) is -0.392. The van der Waals surface area contributed by atoms with Crippen LogP contribution in [0.2, 0.25) is 0 Å². The topological polar surface area (TPSA) is 52.0 Å². The van der Waals surface area contributed by atoms with Crippen molar-refractivity contribution < 1.29 is 14.2 Å². The van der Waals surface area contributed by atoms with Gasteiger partial charge in [-0.3, -0.25) is 0 Å². The van der Waals surface area contributed by atoms with E-state index in [9.17, 15) is 4.39 Å². The number of thioether (sulfide) groups is 1. The highest BCUT2D eigenvalue weighted by Crippen LogP contribution is 2.23. The molecule has 0 radical (unpaired) electrons. The Morgan fingerprint density at radius 3 is 2.56 bits per heavy atom. The highest BCUT2D eigenvalue weighted by Gasteiger charge is 2.21. The van der Waals surface area contributed by atoms with Gasteiger partial charge < -0.3 is 9.80 Å². The molecule has 1 aliphatic heterocycles. The number of benzene rings is 1. The molecule has 1 aromatic carbocycles. The zero-order chi connectivity index (χ0) is 18.8. The van der Waals surface area contributed by atoms with E-state index in [0.717, 1.165) is 29.8 Å². The summed E-state index contributed by atoms with van der Waals surface area (Å²) in [5.41, 5.74) is 2.92. The summed E-state index contributed by atoms with van der Waals surface area (Å²) in [7, 11) is 2.26. The molecule has 6 nitrogen and oxygen atoms in total. The number of nitrogens with zero attached hydrogens (tertiary/aromatic N) is 4.